The predicted molar refractivity (Wildman–Crippen MR) is 98.6 cm³/mol. The standard InChI is InChI=1S/C15H19F3IN5O2/c1-24(11(8-25)5-15(17,18)9-22-23-20)14(26)21-7-10-3-2-4-13(16)12(10)6-19/h2-4,11,25H,5-9H2,1H3,(H,21,26)/t11-/m0/s1. The van der Waals surface area contributed by atoms with Crippen LogP contribution in [0.4, 0.5) is 18.0 Å². The lowest BCUT2D eigenvalue weighted by Gasteiger charge is -2.29. The molecule has 0 spiro atoms. The van der Waals surface area contributed by atoms with Gasteiger partial charge in [-0.2, -0.15) is 0 Å². The number of alkyl halides is 3. The number of carbonyl (C=O) groups excluding carboxylic acids is 1. The second kappa shape index (κ2) is 10.4. The van der Waals surface area contributed by atoms with E-state index in [9.17, 15) is 23.1 Å². The van der Waals surface area contributed by atoms with Crippen LogP contribution in [0, 0.1) is 5.82 Å². The molecule has 144 valence electrons. The summed E-state index contributed by atoms with van der Waals surface area (Å²) in [4.78, 5) is 15.4. The maximum atomic E-state index is 13.7. The summed E-state index contributed by atoms with van der Waals surface area (Å²) in [7, 11) is 1.27. The molecule has 0 aliphatic heterocycles. The number of nitrogens with one attached hydrogen (secondary N) is 1. The number of aliphatic hydroxyl groups is 1. The zero-order chi connectivity index (χ0) is 19.7. The van der Waals surface area contributed by atoms with Crippen LogP contribution in [0.3, 0.4) is 0 Å². The van der Waals surface area contributed by atoms with Gasteiger partial charge in [-0.05, 0) is 17.2 Å². The van der Waals surface area contributed by atoms with Crippen molar-refractivity contribution in [3.8, 4) is 0 Å². The number of halogens is 4. The number of azide groups is 1. The number of carbonyl (C=O) groups is 1. The summed E-state index contributed by atoms with van der Waals surface area (Å²) in [6.07, 6.45) is -0.856. The Kier molecular flexibility index (Phi) is 8.96. The smallest absolute Gasteiger partial charge is 0.317 e. The Labute approximate surface area is 162 Å². The van der Waals surface area contributed by atoms with Crippen LogP contribution in [0.5, 0.6) is 0 Å². The van der Waals surface area contributed by atoms with Crippen LogP contribution < -0.4 is 5.32 Å². The lowest BCUT2D eigenvalue weighted by Crippen LogP contribution is -2.47. The van der Waals surface area contributed by atoms with Crippen molar-refractivity contribution in [3.05, 3.63) is 45.6 Å². The molecule has 0 aliphatic carbocycles. The fraction of sp³-hybridized carbons (Fsp3) is 0.533. The second-order valence-corrected chi connectivity index (χ2v) is 6.33. The molecular weight excluding hydrogens is 466 g/mol. The molecule has 0 radical (unpaired) electrons. The van der Waals surface area contributed by atoms with Crippen molar-refractivity contribution in [1.29, 1.82) is 0 Å². The summed E-state index contributed by atoms with van der Waals surface area (Å²) >= 11 is 2.00. The van der Waals surface area contributed by atoms with Gasteiger partial charge in [-0.15, -0.1) is 0 Å². The molecule has 11 heteroatoms. The van der Waals surface area contributed by atoms with Crippen molar-refractivity contribution < 1.29 is 23.1 Å². The van der Waals surface area contributed by atoms with Crippen LogP contribution in [-0.2, 0) is 11.0 Å². The molecule has 1 rings (SSSR count). The molecule has 1 aromatic carbocycles. The molecule has 0 unspecified atom stereocenters. The zero-order valence-corrected chi connectivity index (χ0v) is 16.2. The van der Waals surface area contributed by atoms with Gasteiger partial charge in [0, 0.05) is 34.9 Å². The highest BCUT2D eigenvalue weighted by Gasteiger charge is 2.34. The van der Waals surface area contributed by atoms with E-state index >= 15 is 0 Å². The van der Waals surface area contributed by atoms with E-state index in [2.05, 4.69) is 15.3 Å². The highest BCUT2D eigenvalue weighted by Crippen LogP contribution is 2.23. The van der Waals surface area contributed by atoms with E-state index in [0.29, 0.717) is 15.6 Å². The SMILES string of the molecule is CN(C(=O)NCc1cccc(F)c1CI)[C@H](CO)CC(F)(F)CN=[N+]=[N-]. The molecular formula is C15H19F3IN5O2. The van der Waals surface area contributed by atoms with Crippen molar-refractivity contribution in [3.63, 3.8) is 0 Å². The first-order valence-corrected chi connectivity index (χ1v) is 9.10. The van der Waals surface area contributed by atoms with Gasteiger partial charge in [0.15, 0.2) is 0 Å². The first kappa shape index (κ1) is 22.3. The highest BCUT2D eigenvalue weighted by atomic mass is 127. The molecule has 2 N–H and O–H groups in total. The second-order valence-electron chi connectivity index (χ2n) is 5.57. The van der Waals surface area contributed by atoms with Crippen molar-refractivity contribution in [2.24, 2.45) is 5.11 Å². The monoisotopic (exact) mass is 485 g/mol. The minimum Gasteiger partial charge on any atom is -0.394 e. The Morgan fingerprint density at radius 2 is 2.23 bits per heavy atom. The molecule has 7 nitrogen and oxygen atoms in total. The number of amides is 2. The van der Waals surface area contributed by atoms with Gasteiger partial charge in [-0.1, -0.05) is 39.8 Å². The maximum absolute atomic E-state index is 13.7. The van der Waals surface area contributed by atoms with E-state index in [1.165, 1.54) is 19.2 Å². The number of hydrogen-bond donors (Lipinski definition) is 2. The summed E-state index contributed by atoms with van der Waals surface area (Å²) in [5.74, 6) is -3.74. The van der Waals surface area contributed by atoms with Crippen molar-refractivity contribution in [1.82, 2.24) is 10.2 Å². The molecule has 2 amide bonds. The fourth-order valence-corrected chi connectivity index (χ4v) is 3.10. The van der Waals surface area contributed by atoms with E-state index in [4.69, 9.17) is 5.53 Å². The predicted octanol–water partition coefficient (Wildman–Crippen LogP) is 3.60. The normalized spacial score (nSPS) is 12.2. The number of hydrogen-bond acceptors (Lipinski definition) is 3. The van der Waals surface area contributed by atoms with Gasteiger partial charge in [0.1, 0.15) is 5.82 Å². The summed E-state index contributed by atoms with van der Waals surface area (Å²) in [6, 6.07) is 2.64. The molecule has 0 heterocycles. The van der Waals surface area contributed by atoms with Crippen LogP contribution in [0.1, 0.15) is 17.5 Å². The molecule has 0 saturated carbocycles. The number of likely N-dealkylation sites (N-methyl/N-ethyl adjacent to an activating group) is 1. The van der Waals surface area contributed by atoms with Crippen LogP contribution in [-0.4, -0.2) is 48.2 Å². The maximum Gasteiger partial charge on any atom is 0.317 e. The van der Waals surface area contributed by atoms with Crippen LogP contribution in [0.25, 0.3) is 10.4 Å². The Morgan fingerprint density at radius 3 is 2.81 bits per heavy atom. The lowest BCUT2D eigenvalue weighted by atomic mass is 10.1. The van der Waals surface area contributed by atoms with Crippen molar-refractivity contribution in [2.45, 2.75) is 29.4 Å². The quantitative estimate of drug-likeness (QED) is 0.184. The largest absolute Gasteiger partial charge is 0.394 e. The summed E-state index contributed by atoms with van der Waals surface area (Å²) < 4.78 is 41.5. The van der Waals surface area contributed by atoms with Gasteiger partial charge in [0.05, 0.1) is 19.2 Å². The third-order valence-corrected chi connectivity index (χ3v) is 4.52. The fourth-order valence-electron chi connectivity index (χ4n) is 2.25. The number of aliphatic hydroxyl groups excluding tert-OH is 1. The van der Waals surface area contributed by atoms with Gasteiger partial charge in [0.25, 0.3) is 5.92 Å². The van der Waals surface area contributed by atoms with Gasteiger partial charge < -0.3 is 15.3 Å². The Balaban J connectivity index is 2.73. The molecule has 0 fully saturated rings. The van der Waals surface area contributed by atoms with Gasteiger partial charge in [-0.3, -0.25) is 0 Å². The highest BCUT2D eigenvalue weighted by molar-refractivity contribution is 14.1. The zero-order valence-electron chi connectivity index (χ0n) is 14.0. The molecule has 1 atom stereocenters. The first-order chi connectivity index (χ1) is 12.3. The summed E-state index contributed by atoms with van der Waals surface area (Å²) in [6.45, 7) is -1.72. The molecule has 0 aromatic heterocycles. The van der Waals surface area contributed by atoms with Crippen LogP contribution in [0.15, 0.2) is 23.3 Å². The van der Waals surface area contributed by atoms with E-state index in [1.807, 2.05) is 22.6 Å². The van der Waals surface area contributed by atoms with Crippen molar-refractivity contribution in [2.75, 3.05) is 20.2 Å². The third kappa shape index (κ3) is 6.54. The lowest BCUT2D eigenvalue weighted by molar-refractivity contribution is -0.0250. The number of nitrogens with zero attached hydrogens (tertiary/aromatic N) is 4. The minimum absolute atomic E-state index is 0.0204. The molecule has 0 saturated heterocycles. The van der Waals surface area contributed by atoms with Gasteiger partial charge in [-0.25, -0.2) is 18.0 Å². The van der Waals surface area contributed by atoms with E-state index in [0.717, 1.165) is 4.90 Å². The van der Waals surface area contributed by atoms with E-state index in [1.54, 1.807) is 6.07 Å². The average Bonchev–Trinajstić information content (AvgIpc) is 2.62. The van der Waals surface area contributed by atoms with Gasteiger partial charge >= 0.3 is 6.03 Å². The van der Waals surface area contributed by atoms with Crippen molar-refractivity contribution >= 4 is 28.6 Å². The summed E-state index contributed by atoms with van der Waals surface area (Å²) in [5.41, 5.74) is 9.17. The van der Waals surface area contributed by atoms with Crippen LogP contribution in [0.2, 0.25) is 0 Å². The number of benzene rings is 1. The number of urea groups is 1. The Morgan fingerprint density at radius 1 is 1.54 bits per heavy atom. The minimum atomic E-state index is -3.36. The first-order valence-electron chi connectivity index (χ1n) is 7.58. The third-order valence-electron chi connectivity index (χ3n) is 3.76. The molecule has 26 heavy (non-hydrogen) atoms. The molecule has 1 aromatic rings. The van der Waals surface area contributed by atoms with E-state index in [-0.39, 0.29) is 12.4 Å². The van der Waals surface area contributed by atoms with E-state index < -0.39 is 37.6 Å². The number of rotatable bonds is 9. The molecule has 0 bridgehead atoms. The topological polar surface area (TPSA) is 101 Å². The Hall–Kier alpha value is -1.72. The Bertz CT molecular complexity index is 671. The molecule has 0 aliphatic rings. The average molecular weight is 485 g/mol. The van der Waals surface area contributed by atoms with Crippen LogP contribution >= 0.6 is 22.6 Å². The van der Waals surface area contributed by atoms with Gasteiger partial charge in [0.2, 0.25) is 0 Å². The summed E-state index contributed by atoms with van der Waals surface area (Å²) in [5, 5.41) is 14.7.